The molecule has 1 aromatic heterocycles. The van der Waals surface area contributed by atoms with Crippen LogP contribution < -0.4 is 10.1 Å². The van der Waals surface area contributed by atoms with Gasteiger partial charge in [-0.1, -0.05) is 19.1 Å². The number of carbonyl (C=O) groups is 1. The van der Waals surface area contributed by atoms with E-state index in [4.69, 9.17) is 4.74 Å². The number of carbonyl (C=O) groups excluding carboxylic acids is 1. The van der Waals surface area contributed by atoms with Crippen LogP contribution in [0.1, 0.15) is 33.3 Å². The molecule has 0 radical (unpaired) electrons. The topological polar surface area (TPSA) is 38.3 Å². The highest BCUT2D eigenvalue weighted by molar-refractivity contribution is 7.12. The average Bonchev–Trinajstić information content (AvgIpc) is 3.22. The van der Waals surface area contributed by atoms with E-state index in [2.05, 4.69) is 0 Å². The Morgan fingerprint density at radius 2 is 1.56 bits per heavy atom. The van der Waals surface area contributed by atoms with Crippen LogP contribution in [0.3, 0.4) is 0 Å². The lowest BCUT2D eigenvalue weighted by Gasteiger charge is -2.14. The molecule has 32 heavy (non-hydrogen) atoms. The molecule has 0 aliphatic rings. The number of nitrogens with one attached hydrogen (secondary N) is 1. The van der Waals surface area contributed by atoms with Gasteiger partial charge in [-0.25, -0.2) is 17.6 Å². The first-order chi connectivity index (χ1) is 15.0. The Labute approximate surface area is 181 Å². The van der Waals surface area contributed by atoms with Gasteiger partial charge in [0.05, 0.1) is 4.88 Å². The van der Waals surface area contributed by atoms with Crippen molar-refractivity contribution >= 4 is 22.9 Å². The normalized spacial score (nSPS) is 11.5. The molecule has 0 aliphatic carbocycles. The van der Waals surface area contributed by atoms with E-state index in [1.807, 2.05) is 19.1 Å². The summed E-state index contributed by atoms with van der Waals surface area (Å²) in [5, 5.41) is 3.10. The number of amides is 1. The van der Waals surface area contributed by atoms with Gasteiger partial charge < -0.3 is 10.1 Å². The summed E-state index contributed by atoms with van der Waals surface area (Å²) < 4.78 is 98.9. The zero-order valence-corrected chi connectivity index (χ0v) is 17.1. The van der Waals surface area contributed by atoms with Crippen LogP contribution in [0.4, 0.5) is 36.4 Å². The Balaban J connectivity index is 1.75. The summed E-state index contributed by atoms with van der Waals surface area (Å²) in [6.45, 7) is 2.06. The number of thiophene rings is 1. The molecule has 3 nitrogen and oxygen atoms in total. The Bertz CT molecular complexity index is 1110. The summed E-state index contributed by atoms with van der Waals surface area (Å²) in [7, 11) is 0. The molecule has 0 saturated heterocycles. The van der Waals surface area contributed by atoms with Crippen molar-refractivity contribution in [2.24, 2.45) is 0 Å². The number of ether oxygens (including phenoxy) is 1. The first-order valence-electron chi connectivity index (χ1n) is 9.06. The number of hydrogen-bond acceptors (Lipinski definition) is 3. The largest absolute Gasteiger partial charge is 0.489 e. The molecule has 0 bridgehead atoms. The van der Waals surface area contributed by atoms with Gasteiger partial charge >= 0.3 is 6.18 Å². The first-order valence-corrected chi connectivity index (χ1v) is 9.94. The van der Waals surface area contributed by atoms with Crippen molar-refractivity contribution in [3.05, 3.63) is 80.5 Å². The van der Waals surface area contributed by atoms with E-state index in [9.17, 15) is 35.5 Å². The van der Waals surface area contributed by atoms with Gasteiger partial charge in [0.2, 0.25) is 0 Å². The van der Waals surface area contributed by atoms with Crippen LogP contribution >= 0.6 is 11.3 Å². The van der Waals surface area contributed by atoms with E-state index in [0.717, 1.165) is 23.3 Å². The van der Waals surface area contributed by atoms with Crippen LogP contribution in [0.15, 0.2) is 35.7 Å². The summed E-state index contributed by atoms with van der Waals surface area (Å²) in [5.74, 6) is -10.6. The number of hydrogen-bond donors (Lipinski definition) is 1. The molecule has 0 spiro atoms. The van der Waals surface area contributed by atoms with E-state index < -0.39 is 46.6 Å². The van der Waals surface area contributed by atoms with Gasteiger partial charge in [0.25, 0.3) is 5.91 Å². The Morgan fingerprint density at radius 1 is 0.969 bits per heavy atom. The fourth-order valence-electron chi connectivity index (χ4n) is 2.72. The van der Waals surface area contributed by atoms with Crippen molar-refractivity contribution in [3.8, 4) is 5.75 Å². The molecule has 1 heterocycles. The van der Waals surface area contributed by atoms with Gasteiger partial charge in [-0.15, -0.1) is 11.3 Å². The van der Waals surface area contributed by atoms with Crippen LogP contribution in [0, 0.1) is 23.3 Å². The lowest BCUT2D eigenvalue weighted by Crippen LogP contribution is -2.19. The second-order valence-corrected chi connectivity index (χ2v) is 7.47. The number of halogens is 7. The summed E-state index contributed by atoms with van der Waals surface area (Å²) in [5.41, 5.74) is -2.74. The third-order valence-corrected chi connectivity index (χ3v) is 5.38. The highest BCUT2D eigenvalue weighted by atomic mass is 32.1. The minimum absolute atomic E-state index is 0.0571. The summed E-state index contributed by atoms with van der Waals surface area (Å²) in [6, 6.07) is 8.60. The molecule has 11 heteroatoms. The monoisotopic (exact) mass is 477 g/mol. The van der Waals surface area contributed by atoms with Gasteiger partial charge in [-0.2, -0.15) is 13.2 Å². The van der Waals surface area contributed by atoms with Crippen LogP contribution in [-0.2, 0) is 19.2 Å². The van der Waals surface area contributed by atoms with Crippen molar-refractivity contribution in [2.45, 2.75) is 26.1 Å². The molecule has 1 amide bonds. The van der Waals surface area contributed by atoms with Gasteiger partial charge in [0, 0.05) is 5.56 Å². The zero-order valence-electron chi connectivity index (χ0n) is 16.2. The lowest BCUT2D eigenvalue weighted by molar-refractivity contribution is -0.143. The zero-order chi connectivity index (χ0) is 23.6. The van der Waals surface area contributed by atoms with Gasteiger partial charge in [-0.05, 0) is 35.6 Å². The van der Waals surface area contributed by atoms with Crippen molar-refractivity contribution in [1.29, 1.82) is 0 Å². The molecule has 1 N–H and O–H groups in total. The second kappa shape index (κ2) is 9.19. The maximum Gasteiger partial charge on any atom is 0.422 e. The summed E-state index contributed by atoms with van der Waals surface area (Å²) in [4.78, 5) is 12.1. The molecular formula is C21H14F7NO2S. The highest BCUT2D eigenvalue weighted by Gasteiger charge is 2.42. The maximum absolute atomic E-state index is 14.0. The molecule has 0 aliphatic heterocycles. The van der Waals surface area contributed by atoms with Crippen molar-refractivity contribution in [3.63, 3.8) is 0 Å². The van der Waals surface area contributed by atoms with E-state index in [0.29, 0.717) is 11.3 Å². The van der Waals surface area contributed by atoms with Gasteiger partial charge in [0.1, 0.15) is 23.6 Å². The van der Waals surface area contributed by atoms with Gasteiger partial charge in [-0.3, -0.25) is 4.79 Å². The van der Waals surface area contributed by atoms with Crippen LogP contribution in [-0.4, -0.2) is 5.91 Å². The van der Waals surface area contributed by atoms with Crippen LogP contribution in [0.2, 0.25) is 0 Å². The highest BCUT2D eigenvalue weighted by Crippen LogP contribution is 2.38. The summed E-state index contributed by atoms with van der Waals surface area (Å²) >= 11 is 0.841. The lowest BCUT2D eigenvalue weighted by atomic mass is 10.1. The van der Waals surface area contributed by atoms with Gasteiger partial charge in [0.15, 0.2) is 23.3 Å². The smallest absolute Gasteiger partial charge is 0.422 e. The van der Waals surface area contributed by atoms with E-state index >= 15 is 0 Å². The quantitative estimate of drug-likeness (QED) is 0.316. The van der Waals surface area contributed by atoms with E-state index in [-0.39, 0.29) is 11.5 Å². The van der Waals surface area contributed by atoms with Crippen molar-refractivity contribution in [2.75, 3.05) is 5.32 Å². The van der Waals surface area contributed by atoms with Crippen molar-refractivity contribution < 1.29 is 40.3 Å². The SMILES string of the molecule is CCc1ccc(OCc2csc(C(=O)Nc3c(F)c(F)c(C(F)(F)F)c(F)c3F)c2)cc1. The number of anilines is 1. The molecule has 170 valence electrons. The fourth-order valence-corrected chi connectivity index (χ4v) is 3.52. The number of aryl methyl sites for hydroxylation is 1. The summed E-state index contributed by atoms with van der Waals surface area (Å²) in [6.07, 6.45) is -4.81. The Morgan fingerprint density at radius 3 is 2.09 bits per heavy atom. The minimum atomic E-state index is -5.67. The average molecular weight is 477 g/mol. The standard InChI is InChI=1S/C21H14F7NO2S/c1-2-10-3-5-12(6-4-10)31-8-11-7-13(32-9-11)20(30)29-19-17(24)15(22)14(21(26,27)28)16(23)18(19)25/h3-7,9H,2,8H2,1H3,(H,29,30). The predicted molar refractivity (Wildman–Crippen MR) is 104 cm³/mol. The molecule has 0 saturated carbocycles. The number of rotatable bonds is 6. The number of alkyl halides is 3. The molecule has 2 aromatic carbocycles. The predicted octanol–water partition coefficient (Wildman–Crippen LogP) is 6.72. The third kappa shape index (κ3) is 4.87. The first kappa shape index (κ1) is 23.6. The van der Waals surface area contributed by atoms with Crippen molar-refractivity contribution in [1.82, 2.24) is 0 Å². The molecule has 3 aromatic rings. The molecular weight excluding hydrogens is 463 g/mol. The fraction of sp³-hybridized carbons (Fsp3) is 0.190. The Hall–Kier alpha value is -3.08. The molecule has 0 fully saturated rings. The molecule has 3 rings (SSSR count). The van der Waals surface area contributed by atoms with Crippen LogP contribution in [0.5, 0.6) is 5.75 Å². The Kier molecular flexibility index (Phi) is 6.77. The third-order valence-electron chi connectivity index (χ3n) is 4.40. The maximum atomic E-state index is 14.0. The molecule has 0 atom stereocenters. The van der Waals surface area contributed by atoms with E-state index in [1.54, 1.807) is 17.4 Å². The van der Waals surface area contributed by atoms with E-state index in [1.165, 1.54) is 11.4 Å². The molecule has 0 unspecified atom stereocenters. The minimum Gasteiger partial charge on any atom is -0.489 e. The van der Waals surface area contributed by atoms with Crippen LogP contribution in [0.25, 0.3) is 0 Å². The second-order valence-electron chi connectivity index (χ2n) is 6.56. The number of benzene rings is 2.